The second-order valence-corrected chi connectivity index (χ2v) is 13.7. The Morgan fingerprint density at radius 2 is 1.73 bits per heavy atom. The molecule has 0 aromatic carbocycles. The Balaban J connectivity index is 1.88. The van der Waals surface area contributed by atoms with Crippen molar-refractivity contribution >= 4 is 23.9 Å². The summed E-state index contributed by atoms with van der Waals surface area (Å²) in [4.78, 5) is 47.0. The molecule has 3 heterocycles. The van der Waals surface area contributed by atoms with E-state index >= 15 is 0 Å². The highest BCUT2D eigenvalue weighted by Gasteiger charge is 2.54. The molecule has 2 fully saturated rings. The molecule has 1 spiro atoms. The van der Waals surface area contributed by atoms with Gasteiger partial charge in [-0.25, -0.2) is 19.2 Å². The number of furan rings is 1. The molecule has 0 radical (unpaired) electrons. The minimum absolute atomic E-state index is 0.0371. The predicted octanol–water partition coefficient (Wildman–Crippen LogP) is 7.26. The molecule has 1 aromatic rings. The molecule has 4 N–H and O–H groups in total. The first-order chi connectivity index (χ1) is 24.1. The lowest BCUT2D eigenvalue weighted by Crippen LogP contribution is -2.59. The Bertz CT molecular complexity index is 1530. The van der Waals surface area contributed by atoms with Crippen molar-refractivity contribution < 1.29 is 58.2 Å². The van der Waals surface area contributed by atoms with Crippen LogP contribution >= 0.6 is 0 Å². The molecule has 2 aliphatic heterocycles. The van der Waals surface area contributed by atoms with Gasteiger partial charge in [0.25, 0.3) is 0 Å². The molecule has 1 aromatic heterocycles. The smallest absolute Gasteiger partial charge is 0.371 e. The van der Waals surface area contributed by atoms with E-state index in [2.05, 4.69) is 13.8 Å². The van der Waals surface area contributed by atoms with Crippen LogP contribution in [-0.4, -0.2) is 74.0 Å². The van der Waals surface area contributed by atoms with Crippen LogP contribution in [0.5, 0.6) is 0 Å². The van der Waals surface area contributed by atoms with E-state index < -0.39 is 47.5 Å². The number of carbonyl (C=O) groups excluding carboxylic acids is 1. The summed E-state index contributed by atoms with van der Waals surface area (Å²) in [5.74, 6) is -5.80. The monoisotopic (exact) mass is 712 g/mol. The molecule has 0 bridgehead atoms. The summed E-state index contributed by atoms with van der Waals surface area (Å²) in [5, 5.41) is 37.8. The normalized spacial score (nSPS) is 27.3. The zero-order valence-corrected chi connectivity index (χ0v) is 30.1. The third-order valence-electron chi connectivity index (χ3n) is 9.51. The number of esters is 1. The zero-order chi connectivity index (χ0) is 37.8. The number of aliphatic carboxylic acids is 2. The van der Waals surface area contributed by atoms with Gasteiger partial charge in [0.2, 0.25) is 5.76 Å². The second-order valence-electron chi connectivity index (χ2n) is 13.7. The van der Waals surface area contributed by atoms with Gasteiger partial charge in [-0.05, 0) is 57.4 Å². The van der Waals surface area contributed by atoms with E-state index in [0.29, 0.717) is 37.7 Å². The third kappa shape index (κ3) is 12.2. The Labute approximate surface area is 299 Å². The van der Waals surface area contributed by atoms with E-state index in [1.165, 1.54) is 6.08 Å². The average molecular weight is 713 g/mol. The van der Waals surface area contributed by atoms with Gasteiger partial charge in [0.05, 0.1) is 17.8 Å². The number of ether oxygens (including phenoxy) is 3. The summed E-state index contributed by atoms with van der Waals surface area (Å²) < 4.78 is 24.9. The largest absolute Gasteiger partial charge is 0.478 e. The number of allylic oxidation sites excluding steroid dienone is 4. The maximum Gasteiger partial charge on any atom is 0.371 e. The summed E-state index contributed by atoms with van der Waals surface area (Å²) in [5.41, 5.74) is 0.170. The van der Waals surface area contributed by atoms with Crippen LogP contribution in [0.4, 0.5) is 0 Å². The van der Waals surface area contributed by atoms with Gasteiger partial charge >= 0.3 is 23.9 Å². The number of hydrogen-bond acceptors (Lipinski definition) is 9. The van der Waals surface area contributed by atoms with E-state index in [9.17, 15) is 34.5 Å². The molecule has 7 unspecified atom stereocenters. The minimum atomic E-state index is -1.31. The van der Waals surface area contributed by atoms with Gasteiger partial charge in [-0.2, -0.15) is 0 Å². The van der Waals surface area contributed by atoms with Crippen molar-refractivity contribution in [3.05, 3.63) is 83.4 Å². The van der Waals surface area contributed by atoms with Gasteiger partial charge in [0, 0.05) is 37.0 Å². The molecule has 0 aliphatic carbocycles. The quantitative estimate of drug-likeness (QED) is 0.0548. The molecule has 280 valence electrons. The number of rotatable bonds is 17. The lowest BCUT2D eigenvalue weighted by molar-refractivity contribution is -0.343. The van der Waals surface area contributed by atoms with Crippen LogP contribution in [0.2, 0.25) is 0 Å². The van der Waals surface area contributed by atoms with Crippen LogP contribution in [0.25, 0.3) is 0 Å². The van der Waals surface area contributed by atoms with Crippen molar-refractivity contribution in [3.63, 3.8) is 0 Å². The molecule has 12 heteroatoms. The van der Waals surface area contributed by atoms with Crippen molar-refractivity contribution in [2.24, 2.45) is 11.8 Å². The molecule has 2 aliphatic rings. The van der Waals surface area contributed by atoms with Gasteiger partial charge in [0.1, 0.15) is 18.0 Å². The summed E-state index contributed by atoms with van der Waals surface area (Å²) in [7, 11) is 0. The number of aromatic carboxylic acids is 1. The van der Waals surface area contributed by atoms with Crippen LogP contribution in [-0.2, 0) is 23.8 Å². The molecule has 0 saturated carbocycles. The fourth-order valence-electron chi connectivity index (χ4n) is 6.32. The number of carbonyl (C=O) groups is 4. The van der Waals surface area contributed by atoms with E-state index in [1.807, 2.05) is 13.0 Å². The van der Waals surface area contributed by atoms with Crippen molar-refractivity contribution in [2.75, 3.05) is 0 Å². The average Bonchev–Trinajstić information content (AvgIpc) is 3.58. The van der Waals surface area contributed by atoms with Crippen LogP contribution in [0.15, 0.2) is 76.5 Å². The molecule has 12 nitrogen and oxygen atoms in total. The fraction of sp³-hybridized carbons (Fsp3) is 0.538. The Hall–Kier alpha value is -4.26. The zero-order valence-electron chi connectivity index (χ0n) is 30.1. The van der Waals surface area contributed by atoms with Gasteiger partial charge in [-0.15, -0.1) is 0 Å². The summed E-state index contributed by atoms with van der Waals surface area (Å²) in [6, 6.07) is 1.12. The highest BCUT2D eigenvalue weighted by Crippen LogP contribution is 2.48. The number of aliphatic hydroxyl groups is 1. The summed E-state index contributed by atoms with van der Waals surface area (Å²) in [6.07, 6.45) is 17.2. The third-order valence-corrected chi connectivity index (χ3v) is 9.51. The molecular formula is C39H52O12. The first-order valence-electron chi connectivity index (χ1n) is 17.5. The van der Waals surface area contributed by atoms with E-state index in [0.717, 1.165) is 55.7 Å². The van der Waals surface area contributed by atoms with Gasteiger partial charge in [-0.1, -0.05) is 75.6 Å². The Morgan fingerprint density at radius 3 is 2.37 bits per heavy atom. The molecule has 7 atom stereocenters. The molecule has 51 heavy (non-hydrogen) atoms. The topological polar surface area (TPSA) is 190 Å². The van der Waals surface area contributed by atoms with Gasteiger partial charge in [-0.3, -0.25) is 0 Å². The van der Waals surface area contributed by atoms with E-state index in [4.69, 9.17) is 23.7 Å². The fourth-order valence-corrected chi connectivity index (χ4v) is 6.32. The first-order valence-corrected chi connectivity index (χ1v) is 17.5. The van der Waals surface area contributed by atoms with E-state index in [-0.39, 0.29) is 29.3 Å². The highest BCUT2D eigenvalue weighted by atomic mass is 16.7. The lowest BCUT2D eigenvalue weighted by Gasteiger charge is -2.53. The van der Waals surface area contributed by atoms with Crippen LogP contribution in [0, 0.1) is 11.8 Å². The SMILES string of the molecule is CCCCCC1(OC(=O)c2coc(C(=O)O)c2)CCC2(CCC(C)C(CC=C(C)C=CC(O)C(C)C=CC(=O)O)O2)OC1C=CC(C)=CC(=O)O. The number of carboxylic acid groups (broad SMARTS) is 3. The van der Waals surface area contributed by atoms with Gasteiger partial charge in [0.15, 0.2) is 5.79 Å². The number of unbranched alkanes of at least 4 members (excludes halogenated alkanes) is 2. The molecule has 0 amide bonds. The van der Waals surface area contributed by atoms with E-state index in [1.54, 1.807) is 38.2 Å². The van der Waals surface area contributed by atoms with Crippen LogP contribution < -0.4 is 0 Å². The predicted molar refractivity (Wildman–Crippen MR) is 188 cm³/mol. The van der Waals surface area contributed by atoms with Crippen molar-refractivity contribution in [2.45, 2.75) is 122 Å². The minimum Gasteiger partial charge on any atom is -0.478 e. The number of carboxylic acids is 3. The Kier molecular flexibility index (Phi) is 15.2. The number of aliphatic hydroxyl groups excluding tert-OH is 1. The van der Waals surface area contributed by atoms with Crippen LogP contribution in [0.1, 0.15) is 113 Å². The number of hydrogen-bond donors (Lipinski definition) is 4. The molecular weight excluding hydrogens is 660 g/mol. The van der Waals surface area contributed by atoms with Gasteiger partial charge < -0.3 is 39.1 Å². The first kappa shape index (κ1) is 41.2. The van der Waals surface area contributed by atoms with Crippen LogP contribution in [0.3, 0.4) is 0 Å². The standard InChI is InChI=1S/C39H52O12/c1-6-7-8-18-38(51-37(47)29-23-32(36(45)46)48-24-29)20-21-39(50-33(38)15-11-26(3)22-35(43)44)19-17-28(5)31(49-39)14-10-25(2)9-13-30(40)27(4)12-16-34(41)42/h9-13,15-16,22-24,27-28,30-31,33,40H,6-8,14,17-21H2,1-5H3,(H,41,42)(H,43,44)(H,45,46). The lowest BCUT2D eigenvalue weighted by atomic mass is 9.78. The molecule has 2 saturated heterocycles. The van der Waals surface area contributed by atoms with Crippen molar-refractivity contribution in [1.29, 1.82) is 0 Å². The Morgan fingerprint density at radius 1 is 0.980 bits per heavy atom. The van der Waals surface area contributed by atoms with Crippen molar-refractivity contribution in [3.8, 4) is 0 Å². The maximum atomic E-state index is 13.5. The summed E-state index contributed by atoms with van der Waals surface area (Å²) >= 11 is 0. The molecule has 3 rings (SSSR count). The maximum absolute atomic E-state index is 13.5. The summed E-state index contributed by atoms with van der Waals surface area (Å²) in [6.45, 7) is 9.47. The highest BCUT2D eigenvalue weighted by molar-refractivity contribution is 5.93. The van der Waals surface area contributed by atoms with Crippen molar-refractivity contribution in [1.82, 2.24) is 0 Å². The second kappa shape index (κ2) is 18.8.